The van der Waals surface area contributed by atoms with Crippen LogP contribution in [-0.4, -0.2) is 6.29 Å². The number of alkyl halides is 3. The second-order valence-corrected chi connectivity index (χ2v) is 4.48. The van der Waals surface area contributed by atoms with Gasteiger partial charge in [0.1, 0.15) is 5.82 Å². The molecule has 0 fully saturated rings. The van der Waals surface area contributed by atoms with Crippen molar-refractivity contribution in [3.05, 3.63) is 58.4 Å². The van der Waals surface area contributed by atoms with Crippen LogP contribution in [0.2, 0.25) is 5.02 Å². The number of hydrogen-bond acceptors (Lipinski definition) is 1. The molecule has 6 heteroatoms. The molecule has 0 aliphatic heterocycles. The number of rotatable bonds is 2. The second kappa shape index (κ2) is 5.25. The fourth-order valence-electron chi connectivity index (χ4n) is 1.79. The van der Waals surface area contributed by atoms with Crippen LogP contribution < -0.4 is 0 Å². The van der Waals surface area contributed by atoms with Crippen molar-refractivity contribution in [3.8, 4) is 11.1 Å². The Balaban J connectivity index is 2.58. The Bertz CT molecular complexity index is 665. The van der Waals surface area contributed by atoms with Crippen molar-refractivity contribution in [1.29, 1.82) is 0 Å². The number of hydrogen-bond donors (Lipinski definition) is 0. The maximum Gasteiger partial charge on any atom is 0.419 e. The Labute approximate surface area is 116 Å². The van der Waals surface area contributed by atoms with E-state index in [9.17, 15) is 22.4 Å². The summed E-state index contributed by atoms with van der Waals surface area (Å²) in [6, 6.07) is 6.76. The van der Waals surface area contributed by atoms with Gasteiger partial charge < -0.3 is 0 Å². The summed E-state index contributed by atoms with van der Waals surface area (Å²) >= 11 is 5.78. The fourth-order valence-corrected chi connectivity index (χ4v) is 1.97. The summed E-state index contributed by atoms with van der Waals surface area (Å²) in [6.07, 6.45) is -4.23. The maximum atomic E-state index is 13.5. The van der Waals surface area contributed by atoms with Crippen LogP contribution in [0.25, 0.3) is 11.1 Å². The first-order valence-corrected chi connectivity index (χ1v) is 5.82. The lowest BCUT2D eigenvalue weighted by Crippen LogP contribution is -2.07. The molecule has 0 heterocycles. The molecule has 0 aromatic heterocycles. The summed E-state index contributed by atoms with van der Waals surface area (Å²) in [5.74, 6) is -1.40. The molecule has 0 atom stereocenters. The molecule has 0 amide bonds. The molecule has 1 nitrogen and oxygen atoms in total. The van der Waals surface area contributed by atoms with E-state index in [0.29, 0.717) is 17.4 Å². The topological polar surface area (TPSA) is 17.1 Å². The van der Waals surface area contributed by atoms with Crippen molar-refractivity contribution in [2.75, 3.05) is 0 Å². The molecule has 0 radical (unpaired) electrons. The van der Waals surface area contributed by atoms with Gasteiger partial charge in [0.05, 0.1) is 5.56 Å². The molecule has 0 aliphatic rings. The average Bonchev–Trinajstić information content (AvgIpc) is 2.37. The monoisotopic (exact) mass is 302 g/mol. The first-order valence-electron chi connectivity index (χ1n) is 5.45. The van der Waals surface area contributed by atoms with E-state index in [1.54, 1.807) is 0 Å². The number of halogens is 5. The summed E-state index contributed by atoms with van der Waals surface area (Å²) in [5.41, 5.74) is -0.704. The van der Waals surface area contributed by atoms with Crippen LogP contribution in [0.15, 0.2) is 36.4 Å². The van der Waals surface area contributed by atoms with E-state index in [4.69, 9.17) is 11.6 Å². The van der Waals surface area contributed by atoms with Crippen LogP contribution >= 0.6 is 11.6 Å². The second-order valence-electron chi connectivity index (χ2n) is 4.04. The molecule has 0 unspecified atom stereocenters. The Kier molecular flexibility index (Phi) is 3.81. The van der Waals surface area contributed by atoms with Gasteiger partial charge in [-0.1, -0.05) is 17.7 Å². The lowest BCUT2D eigenvalue weighted by atomic mass is 9.99. The van der Waals surface area contributed by atoms with Crippen molar-refractivity contribution >= 4 is 17.9 Å². The molecular weight excluding hydrogens is 296 g/mol. The third kappa shape index (κ3) is 2.82. The summed E-state index contributed by atoms with van der Waals surface area (Å²) in [4.78, 5) is 10.9. The zero-order valence-corrected chi connectivity index (χ0v) is 10.6. The first kappa shape index (κ1) is 14.5. The third-order valence-electron chi connectivity index (χ3n) is 2.73. The Hall–Kier alpha value is -1.88. The van der Waals surface area contributed by atoms with Crippen LogP contribution in [0, 0.1) is 5.82 Å². The molecule has 104 valence electrons. The summed E-state index contributed by atoms with van der Waals surface area (Å²) in [5, 5.41) is 0.297. The molecule has 0 bridgehead atoms. The van der Waals surface area contributed by atoms with E-state index >= 15 is 0 Å². The largest absolute Gasteiger partial charge is 0.419 e. The lowest BCUT2D eigenvalue weighted by Gasteiger charge is -2.11. The molecule has 20 heavy (non-hydrogen) atoms. The van der Waals surface area contributed by atoms with Crippen LogP contribution in [0.1, 0.15) is 15.9 Å². The van der Waals surface area contributed by atoms with Gasteiger partial charge in [0, 0.05) is 10.6 Å². The fraction of sp³-hybridized carbons (Fsp3) is 0.0714. The minimum atomic E-state index is -4.76. The Morgan fingerprint density at radius 1 is 1.05 bits per heavy atom. The normalized spacial score (nSPS) is 11.4. The number of carbonyl (C=O) groups is 1. The molecule has 2 rings (SSSR count). The van der Waals surface area contributed by atoms with Gasteiger partial charge in [0.25, 0.3) is 0 Å². The average molecular weight is 303 g/mol. The number of carbonyl (C=O) groups excluding carboxylic acids is 1. The van der Waals surface area contributed by atoms with Gasteiger partial charge in [-0.25, -0.2) is 4.39 Å². The highest BCUT2D eigenvalue weighted by Gasteiger charge is 2.34. The molecule has 2 aromatic rings. The van der Waals surface area contributed by atoms with Crippen molar-refractivity contribution in [1.82, 2.24) is 0 Å². The van der Waals surface area contributed by atoms with Crippen LogP contribution in [-0.2, 0) is 6.18 Å². The van der Waals surface area contributed by atoms with E-state index in [0.717, 1.165) is 12.1 Å². The van der Waals surface area contributed by atoms with Crippen molar-refractivity contribution in [2.45, 2.75) is 6.18 Å². The van der Waals surface area contributed by atoms with Crippen LogP contribution in [0.4, 0.5) is 17.6 Å². The predicted octanol–water partition coefficient (Wildman–Crippen LogP) is 4.98. The van der Waals surface area contributed by atoms with Crippen LogP contribution in [0.5, 0.6) is 0 Å². The van der Waals surface area contributed by atoms with Crippen molar-refractivity contribution in [3.63, 3.8) is 0 Å². The molecule has 2 aromatic carbocycles. The van der Waals surface area contributed by atoms with Gasteiger partial charge in [0.15, 0.2) is 6.29 Å². The smallest absolute Gasteiger partial charge is 0.298 e. The zero-order chi connectivity index (χ0) is 14.9. The highest BCUT2D eigenvalue weighted by atomic mass is 35.5. The van der Waals surface area contributed by atoms with Gasteiger partial charge in [-0.05, 0) is 41.5 Å². The Morgan fingerprint density at radius 2 is 1.75 bits per heavy atom. The number of aldehydes is 1. The summed E-state index contributed by atoms with van der Waals surface area (Å²) in [6.45, 7) is 0. The van der Waals surface area contributed by atoms with Gasteiger partial charge in [-0.15, -0.1) is 0 Å². The molecule has 0 spiro atoms. The van der Waals surface area contributed by atoms with E-state index in [2.05, 4.69) is 0 Å². The lowest BCUT2D eigenvalue weighted by molar-refractivity contribution is -0.139. The number of benzene rings is 2. The van der Waals surface area contributed by atoms with Crippen molar-refractivity contribution in [2.24, 2.45) is 0 Å². The van der Waals surface area contributed by atoms with E-state index in [-0.39, 0.29) is 16.7 Å². The molecule has 0 aliphatic carbocycles. The van der Waals surface area contributed by atoms with Gasteiger partial charge >= 0.3 is 6.18 Å². The van der Waals surface area contributed by atoms with Gasteiger partial charge in [-0.3, -0.25) is 4.79 Å². The highest BCUT2D eigenvalue weighted by molar-refractivity contribution is 6.31. The molecule has 0 saturated carbocycles. The third-order valence-corrected chi connectivity index (χ3v) is 2.96. The predicted molar refractivity (Wildman–Crippen MR) is 67.2 cm³/mol. The SMILES string of the molecule is O=Cc1ccc(Cl)cc1-c1ccc(C(F)(F)F)c(F)c1. The standard InChI is InChI=1S/C14H7ClF4O/c15-10-3-1-9(7-20)11(6-10)8-2-4-12(13(16)5-8)14(17,18)19/h1-7H. The zero-order valence-electron chi connectivity index (χ0n) is 9.84. The van der Waals surface area contributed by atoms with Crippen molar-refractivity contribution < 1.29 is 22.4 Å². The summed E-state index contributed by atoms with van der Waals surface area (Å²) in [7, 11) is 0. The van der Waals surface area contributed by atoms with E-state index in [1.807, 2.05) is 0 Å². The molecular formula is C14H7ClF4O. The first-order chi connectivity index (χ1) is 9.32. The van der Waals surface area contributed by atoms with E-state index in [1.165, 1.54) is 18.2 Å². The Morgan fingerprint density at radius 3 is 2.30 bits per heavy atom. The van der Waals surface area contributed by atoms with Crippen LogP contribution in [0.3, 0.4) is 0 Å². The highest BCUT2D eigenvalue weighted by Crippen LogP contribution is 2.34. The molecule has 0 saturated heterocycles. The van der Waals surface area contributed by atoms with E-state index < -0.39 is 17.6 Å². The minimum Gasteiger partial charge on any atom is -0.298 e. The molecule has 0 N–H and O–H groups in total. The minimum absolute atomic E-state index is 0.153. The van der Waals surface area contributed by atoms with Gasteiger partial charge in [-0.2, -0.15) is 13.2 Å². The summed E-state index contributed by atoms with van der Waals surface area (Å²) < 4.78 is 51.0. The maximum absolute atomic E-state index is 13.5. The van der Waals surface area contributed by atoms with Gasteiger partial charge in [0.2, 0.25) is 0 Å². The quantitative estimate of drug-likeness (QED) is 0.565.